The summed E-state index contributed by atoms with van der Waals surface area (Å²) in [6.45, 7) is 1.93. The zero-order chi connectivity index (χ0) is 20.5. The molecule has 0 bridgehead atoms. The van der Waals surface area contributed by atoms with Crippen LogP contribution in [0.2, 0.25) is 0 Å². The van der Waals surface area contributed by atoms with Crippen LogP contribution in [0.25, 0.3) is 0 Å². The number of nitrogens with zero attached hydrogens (tertiary/aromatic N) is 1. The summed E-state index contributed by atoms with van der Waals surface area (Å²) >= 11 is 0. The highest BCUT2D eigenvalue weighted by Crippen LogP contribution is 2.45. The van der Waals surface area contributed by atoms with Gasteiger partial charge in [-0.05, 0) is 54.7 Å². The van der Waals surface area contributed by atoms with Gasteiger partial charge in [-0.3, -0.25) is 9.59 Å². The van der Waals surface area contributed by atoms with Crippen molar-refractivity contribution in [3.05, 3.63) is 65.0 Å². The van der Waals surface area contributed by atoms with Crippen molar-refractivity contribution >= 4 is 11.8 Å². The lowest BCUT2D eigenvalue weighted by molar-refractivity contribution is -0.129. The van der Waals surface area contributed by atoms with E-state index in [-0.39, 0.29) is 42.7 Å². The first-order chi connectivity index (χ1) is 14.0. The van der Waals surface area contributed by atoms with Crippen LogP contribution in [0.1, 0.15) is 42.0 Å². The number of ether oxygens (including phenoxy) is 1. The predicted octanol–water partition coefficient (Wildman–Crippen LogP) is 3.51. The van der Waals surface area contributed by atoms with Gasteiger partial charge in [0.05, 0.1) is 19.1 Å². The molecule has 1 saturated heterocycles. The number of carbonyl (C=O) groups is 2. The van der Waals surface area contributed by atoms with Crippen LogP contribution in [0.4, 0.5) is 4.39 Å². The van der Waals surface area contributed by atoms with Gasteiger partial charge in [-0.25, -0.2) is 4.39 Å². The molecule has 5 nitrogen and oxygen atoms in total. The molecule has 29 heavy (non-hydrogen) atoms. The third-order valence-corrected chi connectivity index (χ3v) is 5.78. The Bertz CT molecular complexity index is 941. The van der Waals surface area contributed by atoms with E-state index >= 15 is 0 Å². The van der Waals surface area contributed by atoms with E-state index in [1.54, 1.807) is 26.2 Å². The summed E-state index contributed by atoms with van der Waals surface area (Å²) in [7, 11) is 1.60. The van der Waals surface area contributed by atoms with Crippen molar-refractivity contribution in [1.29, 1.82) is 0 Å². The Kier molecular flexibility index (Phi) is 5.26. The Morgan fingerprint density at radius 3 is 2.72 bits per heavy atom. The van der Waals surface area contributed by atoms with Gasteiger partial charge in [0, 0.05) is 19.0 Å². The molecule has 1 aliphatic carbocycles. The second-order valence-electron chi connectivity index (χ2n) is 7.87. The summed E-state index contributed by atoms with van der Waals surface area (Å²) in [5.74, 6) is -0.239. The SMILES string of the molecule is COc1cccc([C@H]2[C@@H](C(=O)NCc3ccc(C)c(F)c3)CC(=O)N2C2CC2)c1. The smallest absolute Gasteiger partial charge is 0.226 e. The molecule has 1 N–H and O–H groups in total. The van der Waals surface area contributed by atoms with E-state index < -0.39 is 5.92 Å². The lowest BCUT2D eigenvalue weighted by Crippen LogP contribution is -2.36. The fourth-order valence-electron chi connectivity index (χ4n) is 4.06. The zero-order valence-electron chi connectivity index (χ0n) is 16.7. The predicted molar refractivity (Wildman–Crippen MR) is 107 cm³/mol. The number of nitrogens with one attached hydrogen (secondary N) is 1. The highest BCUT2D eigenvalue weighted by Gasteiger charge is 2.49. The van der Waals surface area contributed by atoms with Crippen molar-refractivity contribution in [2.45, 2.75) is 44.8 Å². The summed E-state index contributed by atoms with van der Waals surface area (Å²) in [5, 5.41) is 2.90. The fourth-order valence-corrected chi connectivity index (χ4v) is 4.06. The van der Waals surface area contributed by atoms with Crippen LogP contribution in [0.5, 0.6) is 5.75 Å². The van der Waals surface area contributed by atoms with Crippen molar-refractivity contribution < 1.29 is 18.7 Å². The van der Waals surface area contributed by atoms with Crippen molar-refractivity contribution in [2.75, 3.05) is 7.11 Å². The van der Waals surface area contributed by atoms with Gasteiger partial charge in [0.25, 0.3) is 0 Å². The van der Waals surface area contributed by atoms with Gasteiger partial charge in [0.15, 0.2) is 0 Å². The van der Waals surface area contributed by atoms with E-state index in [0.29, 0.717) is 16.9 Å². The second kappa shape index (κ2) is 7.85. The van der Waals surface area contributed by atoms with Crippen molar-refractivity contribution in [1.82, 2.24) is 10.2 Å². The molecule has 2 atom stereocenters. The molecule has 6 heteroatoms. The van der Waals surface area contributed by atoms with Gasteiger partial charge < -0.3 is 15.0 Å². The van der Waals surface area contributed by atoms with E-state index in [0.717, 1.165) is 18.4 Å². The molecule has 2 aromatic carbocycles. The summed E-state index contributed by atoms with van der Waals surface area (Å²) < 4.78 is 19.1. The number of aryl methyl sites for hydroxylation is 1. The largest absolute Gasteiger partial charge is 0.497 e. The van der Waals surface area contributed by atoms with Crippen molar-refractivity contribution in [3.8, 4) is 5.75 Å². The number of likely N-dealkylation sites (tertiary alicyclic amines) is 1. The molecule has 2 amide bonds. The third kappa shape index (κ3) is 3.97. The molecular weight excluding hydrogens is 371 g/mol. The van der Waals surface area contributed by atoms with Gasteiger partial charge in [-0.15, -0.1) is 0 Å². The number of benzene rings is 2. The van der Waals surface area contributed by atoms with Crippen molar-refractivity contribution in [3.63, 3.8) is 0 Å². The lowest BCUT2D eigenvalue weighted by atomic mass is 9.92. The summed E-state index contributed by atoms with van der Waals surface area (Å²) in [6, 6.07) is 12.4. The second-order valence-corrected chi connectivity index (χ2v) is 7.87. The van der Waals surface area contributed by atoms with E-state index in [1.165, 1.54) is 6.07 Å². The Morgan fingerprint density at radius 1 is 1.24 bits per heavy atom. The van der Waals surface area contributed by atoms with Gasteiger partial charge in [-0.1, -0.05) is 24.3 Å². The van der Waals surface area contributed by atoms with Crippen LogP contribution in [0.15, 0.2) is 42.5 Å². The van der Waals surface area contributed by atoms with Gasteiger partial charge in [-0.2, -0.15) is 0 Å². The molecule has 1 saturated carbocycles. The van der Waals surface area contributed by atoms with Crippen LogP contribution in [0.3, 0.4) is 0 Å². The Morgan fingerprint density at radius 2 is 2.03 bits per heavy atom. The first-order valence-electron chi connectivity index (χ1n) is 9.96. The van der Waals surface area contributed by atoms with Crippen LogP contribution in [-0.4, -0.2) is 29.9 Å². The molecule has 4 rings (SSSR count). The zero-order valence-corrected chi connectivity index (χ0v) is 16.7. The van der Waals surface area contributed by atoms with Gasteiger partial charge in [0.2, 0.25) is 11.8 Å². The third-order valence-electron chi connectivity index (χ3n) is 5.78. The number of hydrogen-bond donors (Lipinski definition) is 1. The Hall–Kier alpha value is -2.89. The standard InChI is InChI=1S/C23H25FN2O3/c1-14-6-7-15(10-20(14)24)13-25-23(28)19-12-21(27)26(17-8-9-17)22(19)16-4-3-5-18(11-16)29-2/h3-7,10-11,17,19,22H,8-9,12-13H2,1-2H3,(H,25,28)/t19-,22-/m0/s1. The average Bonchev–Trinajstić information content (AvgIpc) is 3.50. The minimum Gasteiger partial charge on any atom is -0.497 e. The monoisotopic (exact) mass is 396 g/mol. The van der Waals surface area contributed by atoms with E-state index in [2.05, 4.69) is 5.32 Å². The number of amides is 2. The molecule has 0 unspecified atom stereocenters. The molecular formula is C23H25FN2O3. The summed E-state index contributed by atoms with van der Waals surface area (Å²) in [5.41, 5.74) is 2.17. The molecule has 2 aromatic rings. The lowest BCUT2D eigenvalue weighted by Gasteiger charge is -2.28. The van der Waals surface area contributed by atoms with Crippen LogP contribution < -0.4 is 10.1 Å². The molecule has 0 aromatic heterocycles. The molecule has 0 spiro atoms. The topological polar surface area (TPSA) is 58.6 Å². The number of carbonyl (C=O) groups excluding carboxylic acids is 2. The first kappa shape index (κ1) is 19.4. The fraction of sp³-hybridized carbons (Fsp3) is 0.391. The number of halogens is 1. The summed E-state index contributed by atoms with van der Waals surface area (Å²) in [4.78, 5) is 27.6. The normalized spacial score (nSPS) is 21.3. The number of rotatable bonds is 6. The van der Waals surface area contributed by atoms with E-state index in [1.807, 2.05) is 29.2 Å². The number of hydrogen-bond acceptors (Lipinski definition) is 3. The molecule has 0 radical (unpaired) electrons. The van der Waals surface area contributed by atoms with Crippen LogP contribution in [0, 0.1) is 18.7 Å². The molecule has 2 aliphatic rings. The van der Waals surface area contributed by atoms with E-state index in [4.69, 9.17) is 4.74 Å². The quantitative estimate of drug-likeness (QED) is 0.813. The van der Waals surface area contributed by atoms with Gasteiger partial charge in [0.1, 0.15) is 11.6 Å². The minimum absolute atomic E-state index is 0.0156. The maximum Gasteiger partial charge on any atom is 0.226 e. The number of methoxy groups -OCH3 is 1. The summed E-state index contributed by atoms with van der Waals surface area (Å²) in [6.07, 6.45) is 2.14. The van der Waals surface area contributed by atoms with Gasteiger partial charge >= 0.3 is 0 Å². The maximum absolute atomic E-state index is 13.8. The molecule has 1 aliphatic heterocycles. The Labute approximate surface area is 169 Å². The first-order valence-corrected chi connectivity index (χ1v) is 9.96. The highest BCUT2D eigenvalue weighted by molar-refractivity contribution is 5.90. The maximum atomic E-state index is 13.8. The minimum atomic E-state index is -0.481. The van der Waals surface area contributed by atoms with Crippen molar-refractivity contribution in [2.24, 2.45) is 5.92 Å². The molecule has 2 fully saturated rings. The molecule has 1 heterocycles. The Balaban J connectivity index is 1.55. The highest BCUT2D eigenvalue weighted by atomic mass is 19.1. The van der Waals surface area contributed by atoms with Crippen LogP contribution in [-0.2, 0) is 16.1 Å². The van der Waals surface area contributed by atoms with E-state index in [9.17, 15) is 14.0 Å². The van der Waals surface area contributed by atoms with Crippen LogP contribution >= 0.6 is 0 Å². The average molecular weight is 396 g/mol. The molecule has 152 valence electrons.